The highest BCUT2D eigenvalue weighted by Gasteiger charge is 2.23. The molecule has 35 heavy (non-hydrogen) atoms. The fraction of sp³-hybridized carbons (Fsp3) is 0.286. The van der Waals surface area contributed by atoms with Gasteiger partial charge in [-0.15, -0.1) is 0 Å². The summed E-state index contributed by atoms with van der Waals surface area (Å²) in [6, 6.07) is 18.6. The largest absolute Gasteiger partial charge is 0.373 e. The number of benzene rings is 3. The number of carbonyl (C=O) groups is 2. The van der Waals surface area contributed by atoms with Gasteiger partial charge >= 0.3 is 0 Å². The predicted octanol–water partition coefficient (Wildman–Crippen LogP) is 5.25. The second-order valence-electron chi connectivity index (χ2n) is 9.03. The zero-order chi connectivity index (χ0) is 24.9. The molecule has 6 nitrogen and oxygen atoms in total. The van der Waals surface area contributed by atoms with Crippen LogP contribution in [-0.4, -0.2) is 42.0 Å². The zero-order valence-corrected chi connectivity index (χ0v) is 20.2. The van der Waals surface area contributed by atoms with Gasteiger partial charge in [-0.3, -0.25) is 14.5 Å². The van der Waals surface area contributed by atoms with Crippen molar-refractivity contribution in [2.24, 2.45) is 0 Å². The van der Waals surface area contributed by atoms with Crippen LogP contribution < -0.4 is 10.6 Å². The highest BCUT2D eigenvalue weighted by Crippen LogP contribution is 2.23. The Balaban J connectivity index is 1.49. The molecular formula is C28H30FN3O3. The Morgan fingerprint density at radius 1 is 0.914 bits per heavy atom. The molecule has 1 aliphatic heterocycles. The Hall–Kier alpha value is -3.55. The SMILES string of the molecule is Cc1ccc(C(=O)Nc2ccccc2CN2CC(C)OC(C)C2)cc1NC(=O)c1ccccc1F. The molecule has 1 aliphatic rings. The van der Waals surface area contributed by atoms with Crippen LogP contribution in [0.2, 0.25) is 0 Å². The molecule has 2 amide bonds. The fourth-order valence-corrected chi connectivity index (χ4v) is 4.36. The molecule has 0 bridgehead atoms. The standard InChI is InChI=1S/C28H30FN3O3/c1-18-12-13-21(14-26(18)31-28(34)23-9-5-6-10-24(23)29)27(33)30-25-11-7-4-8-22(25)17-32-15-19(2)35-20(3)16-32/h4-14,19-20H,15-17H2,1-3H3,(H,30,33)(H,31,34). The number of hydrogen-bond acceptors (Lipinski definition) is 4. The number of ether oxygens (including phenoxy) is 1. The van der Waals surface area contributed by atoms with E-state index in [0.29, 0.717) is 17.8 Å². The van der Waals surface area contributed by atoms with E-state index in [4.69, 9.17) is 4.74 Å². The molecule has 7 heteroatoms. The van der Waals surface area contributed by atoms with E-state index in [2.05, 4.69) is 29.4 Å². The maximum atomic E-state index is 14.0. The Morgan fingerprint density at radius 3 is 2.31 bits per heavy atom. The first-order valence-electron chi connectivity index (χ1n) is 11.7. The molecule has 0 spiro atoms. The lowest BCUT2D eigenvalue weighted by molar-refractivity contribution is -0.0704. The van der Waals surface area contributed by atoms with Crippen molar-refractivity contribution in [1.29, 1.82) is 0 Å². The van der Waals surface area contributed by atoms with Crippen molar-refractivity contribution in [3.8, 4) is 0 Å². The lowest BCUT2D eigenvalue weighted by atomic mass is 10.1. The molecule has 1 saturated heterocycles. The van der Waals surface area contributed by atoms with E-state index in [9.17, 15) is 14.0 Å². The number of hydrogen-bond donors (Lipinski definition) is 2. The summed E-state index contributed by atoms with van der Waals surface area (Å²) in [6.07, 6.45) is 0.317. The third-order valence-electron chi connectivity index (χ3n) is 6.02. The highest BCUT2D eigenvalue weighted by molar-refractivity contribution is 6.08. The minimum absolute atomic E-state index is 0.0533. The molecular weight excluding hydrogens is 445 g/mol. The normalized spacial score (nSPS) is 18.2. The zero-order valence-electron chi connectivity index (χ0n) is 20.2. The van der Waals surface area contributed by atoms with Gasteiger partial charge in [0.1, 0.15) is 5.82 Å². The molecule has 1 fully saturated rings. The van der Waals surface area contributed by atoms with Crippen LogP contribution in [0.15, 0.2) is 66.7 Å². The van der Waals surface area contributed by atoms with E-state index in [1.54, 1.807) is 24.3 Å². The fourth-order valence-electron chi connectivity index (χ4n) is 4.36. The average Bonchev–Trinajstić information content (AvgIpc) is 2.81. The second kappa shape index (κ2) is 10.8. The van der Waals surface area contributed by atoms with E-state index in [0.717, 1.165) is 29.9 Å². The van der Waals surface area contributed by atoms with Gasteiger partial charge in [0.05, 0.1) is 17.8 Å². The third kappa shape index (κ3) is 6.12. The van der Waals surface area contributed by atoms with Gasteiger partial charge in [0, 0.05) is 36.6 Å². The first-order chi connectivity index (χ1) is 16.8. The van der Waals surface area contributed by atoms with Gasteiger partial charge < -0.3 is 15.4 Å². The topological polar surface area (TPSA) is 70.7 Å². The molecule has 2 unspecified atom stereocenters. The quantitative estimate of drug-likeness (QED) is 0.511. The Bertz CT molecular complexity index is 1220. The minimum Gasteiger partial charge on any atom is -0.373 e. The monoisotopic (exact) mass is 475 g/mol. The lowest BCUT2D eigenvalue weighted by Crippen LogP contribution is -2.44. The Labute approximate surface area is 205 Å². The molecule has 2 atom stereocenters. The summed E-state index contributed by atoms with van der Waals surface area (Å²) < 4.78 is 19.8. The summed E-state index contributed by atoms with van der Waals surface area (Å²) in [5, 5.41) is 5.73. The van der Waals surface area contributed by atoms with Gasteiger partial charge in [-0.2, -0.15) is 0 Å². The number of amides is 2. The van der Waals surface area contributed by atoms with Gasteiger partial charge in [-0.25, -0.2) is 4.39 Å². The lowest BCUT2D eigenvalue weighted by Gasteiger charge is -2.35. The number of nitrogens with zero attached hydrogens (tertiary/aromatic N) is 1. The van der Waals surface area contributed by atoms with Crippen molar-refractivity contribution in [2.75, 3.05) is 23.7 Å². The second-order valence-corrected chi connectivity index (χ2v) is 9.03. The van der Waals surface area contributed by atoms with Crippen molar-refractivity contribution >= 4 is 23.2 Å². The molecule has 4 rings (SSSR count). The Morgan fingerprint density at radius 2 is 1.57 bits per heavy atom. The van der Waals surface area contributed by atoms with Crippen LogP contribution in [0, 0.1) is 12.7 Å². The number of carbonyl (C=O) groups excluding carboxylic acids is 2. The number of anilines is 2. The number of aryl methyl sites for hydroxylation is 1. The highest BCUT2D eigenvalue weighted by atomic mass is 19.1. The summed E-state index contributed by atoms with van der Waals surface area (Å²) >= 11 is 0. The van der Waals surface area contributed by atoms with E-state index in [1.165, 1.54) is 18.2 Å². The summed E-state index contributed by atoms with van der Waals surface area (Å²) in [6.45, 7) is 8.31. The average molecular weight is 476 g/mol. The first kappa shape index (κ1) is 24.6. The van der Waals surface area contributed by atoms with Crippen LogP contribution in [-0.2, 0) is 11.3 Å². The summed E-state index contributed by atoms with van der Waals surface area (Å²) in [7, 11) is 0. The van der Waals surface area contributed by atoms with Gasteiger partial charge in [-0.05, 0) is 62.2 Å². The van der Waals surface area contributed by atoms with E-state index in [-0.39, 0.29) is 23.7 Å². The van der Waals surface area contributed by atoms with Crippen LogP contribution in [0.4, 0.5) is 15.8 Å². The van der Waals surface area contributed by atoms with Crippen LogP contribution >= 0.6 is 0 Å². The molecule has 2 N–H and O–H groups in total. The van der Waals surface area contributed by atoms with Crippen molar-refractivity contribution in [1.82, 2.24) is 4.90 Å². The Kier molecular flexibility index (Phi) is 7.58. The van der Waals surface area contributed by atoms with Crippen LogP contribution in [0.3, 0.4) is 0 Å². The number of morpholine rings is 1. The van der Waals surface area contributed by atoms with Gasteiger partial charge in [0.2, 0.25) is 0 Å². The molecule has 1 heterocycles. The maximum Gasteiger partial charge on any atom is 0.258 e. The van der Waals surface area contributed by atoms with E-state index < -0.39 is 11.7 Å². The maximum absolute atomic E-state index is 14.0. The summed E-state index contributed by atoms with van der Waals surface area (Å²) in [4.78, 5) is 28.0. The number of para-hydroxylation sites is 1. The van der Waals surface area contributed by atoms with Crippen LogP contribution in [0.1, 0.15) is 45.7 Å². The van der Waals surface area contributed by atoms with Gasteiger partial charge in [0.15, 0.2) is 0 Å². The molecule has 0 aromatic heterocycles. The third-order valence-corrected chi connectivity index (χ3v) is 6.02. The first-order valence-corrected chi connectivity index (χ1v) is 11.7. The minimum atomic E-state index is -0.600. The smallest absolute Gasteiger partial charge is 0.258 e. The van der Waals surface area contributed by atoms with Crippen LogP contribution in [0.5, 0.6) is 0 Å². The molecule has 0 saturated carbocycles. The number of rotatable bonds is 6. The van der Waals surface area contributed by atoms with Crippen molar-refractivity contribution < 1.29 is 18.7 Å². The molecule has 0 radical (unpaired) electrons. The van der Waals surface area contributed by atoms with E-state index >= 15 is 0 Å². The molecule has 3 aromatic rings. The molecule has 182 valence electrons. The number of halogens is 1. The van der Waals surface area contributed by atoms with Crippen LogP contribution in [0.25, 0.3) is 0 Å². The summed E-state index contributed by atoms with van der Waals surface area (Å²) in [5.74, 6) is -1.46. The van der Waals surface area contributed by atoms with Crippen molar-refractivity contribution in [2.45, 2.75) is 39.5 Å². The molecule has 0 aliphatic carbocycles. The van der Waals surface area contributed by atoms with Gasteiger partial charge in [0.25, 0.3) is 11.8 Å². The van der Waals surface area contributed by atoms with Crippen molar-refractivity contribution in [3.63, 3.8) is 0 Å². The van der Waals surface area contributed by atoms with Crippen molar-refractivity contribution in [3.05, 3.63) is 94.8 Å². The van der Waals surface area contributed by atoms with Gasteiger partial charge in [-0.1, -0.05) is 36.4 Å². The number of nitrogens with one attached hydrogen (secondary N) is 2. The molecule has 3 aromatic carbocycles. The summed E-state index contributed by atoms with van der Waals surface area (Å²) in [5.41, 5.74) is 3.31. The van der Waals surface area contributed by atoms with E-state index in [1.807, 2.05) is 31.2 Å². The predicted molar refractivity (Wildman–Crippen MR) is 135 cm³/mol.